The maximum atomic E-state index is 11.8. The Kier molecular flexibility index (Phi) is 6.44. The Morgan fingerprint density at radius 2 is 2.00 bits per heavy atom. The molecule has 1 aromatic rings. The minimum absolute atomic E-state index is 0.105. The van der Waals surface area contributed by atoms with Crippen molar-refractivity contribution in [2.45, 2.75) is 39.2 Å². The van der Waals surface area contributed by atoms with E-state index in [0.717, 1.165) is 18.7 Å². The Labute approximate surface area is 139 Å². The first-order chi connectivity index (χ1) is 10.9. The summed E-state index contributed by atoms with van der Waals surface area (Å²) in [4.78, 5) is 0. The summed E-state index contributed by atoms with van der Waals surface area (Å²) in [5.74, 6) is 1.63. The highest BCUT2D eigenvalue weighted by molar-refractivity contribution is 7.89. The molecular formula is C17H28N2O3S. The molecule has 1 aliphatic heterocycles. The van der Waals surface area contributed by atoms with E-state index in [-0.39, 0.29) is 17.7 Å². The van der Waals surface area contributed by atoms with Crippen LogP contribution in [0.25, 0.3) is 0 Å². The zero-order valence-corrected chi connectivity index (χ0v) is 15.0. The zero-order chi connectivity index (χ0) is 16.9. The summed E-state index contributed by atoms with van der Waals surface area (Å²) in [5.41, 5.74) is 1.28. The highest BCUT2D eigenvalue weighted by Crippen LogP contribution is 2.21. The largest absolute Gasteiger partial charge is 0.493 e. The standard InChI is InChI=1S/C17H28N2O3S/c1-4-23(20,21)19-17-11-18-10-9-15(17)12-22-16-7-5-14(6-8-16)13(2)3/h5-8,13,15,17-19H,4,9-12H2,1-3H3. The van der Waals surface area contributed by atoms with E-state index in [9.17, 15) is 8.42 Å². The number of benzene rings is 1. The molecule has 130 valence electrons. The van der Waals surface area contributed by atoms with Crippen LogP contribution in [0.4, 0.5) is 0 Å². The first-order valence-electron chi connectivity index (χ1n) is 8.34. The van der Waals surface area contributed by atoms with Crippen molar-refractivity contribution in [1.29, 1.82) is 0 Å². The van der Waals surface area contributed by atoms with E-state index >= 15 is 0 Å². The van der Waals surface area contributed by atoms with Crippen LogP contribution in [0, 0.1) is 5.92 Å². The predicted molar refractivity (Wildman–Crippen MR) is 93.4 cm³/mol. The molecule has 2 atom stereocenters. The van der Waals surface area contributed by atoms with Crippen LogP contribution in [0.3, 0.4) is 0 Å². The Morgan fingerprint density at radius 3 is 2.61 bits per heavy atom. The molecule has 1 heterocycles. The van der Waals surface area contributed by atoms with Crippen molar-refractivity contribution in [3.63, 3.8) is 0 Å². The summed E-state index contributed by atoms with van der Waals surface area (Å²) in [7, 11) is -3.20. The van der Waals surface area contributed by atoms with Gasteiger partial charge >= 0.3 is 0 Å². The minimum Gasteiger partial charge on any atom is -0.493 e. The molecule has 2 N–H and O–H groups in total. The van der Waals surface area contributed by atoms with Crippen LogP contribution >= 0.6 is 0 Å². The van der Waals surface area contributed by atoms with Crippen LogP contribution in [-0.4, -0.2) is 39.9 Å². The number of rotatable bonds is 7. The van der Waals surface area contributed by atoms with Crippen molar-refractivity contribution in [2.24, 2.45) is 5.92 Å². The second-order valence-corrected chi connectivity index (χ2v) is 8.46. The van der Waals surface area contributed by atoms with Gasteiger partial charge in [-0.3, -0.25) is 0 Å². The summed E-state index contributed by atoms with van der Waals surface area (Å²) in [6.07, 6.45) is 0.904. The van der Waals surface area contributed by atoms with Crippen LogP contribution in [-0.2, 0) is 10.0 Å². The third-order valence-corrected chi connectivity index (χ3v) is 5.77. The third kappa shape index (κ3) is 5.48. The minimum atomic E-state index is -3.20. The normalized spacial score (nSPS) is 22.3. The van der Waals surface area contributed by atoms with Crippen molar-refractivity contribution in [2.75, 3.05) is 25.4 Å². The van der Waals surface area contributed by atoms with E-state index in [4.69, 9.17) is 4.74 Å². The van der Waals surface area contributed by atoms with Crippen molar-refractivity contribution in [3.05, 3.63) is 29.8 Å². The molecule has 1 fully saturated rings. The van der Waals surface area contributed by atoms with Gasteiger partial charge < -0.3 is 10.1 Å². The molecule has 1 aromatic carbocycles. The van der Waals surface area contributed by atoms with E-state index in [0.29, 0.717) is 19.1 Å². The molecule has 0 saturated carbocycles. The number of sulfonamides is 1. The lowest BCUT2D eigenvalue weighted by Gasteiger charge is -2.32. The Balaban J connectivity index is 1.94. The van der Waals surface area contributed by atoms with Crippen LogP contribution in [0.2, 0.25) is 0 Å². The van der Waals surface area contributed by atoms with Gasteiger partial charge in [0.25, 0.3) is 0 Å². The fourth-order valence-corrected chi connectivity index (χ4v) is 3.62. The number of hydrogen-bond donors (Lipinski definition) is 2. The molecule has 2 unspecified atom stereocenters. The van der Waals surface area contributed by atoms with Gasteiger partial charge in [0, 0.05) is 18.5 Å². The second-order valence-electron chi connectivity index (χ2n) is 6.42. The lowest BCUT2D eigenvalue weighted by atomic mass is 9.94. The summed E-state index contributed by atoms with van der Waals surface area (Å²) in [5, 5.41) is 3.25. The summed E-state index contributed by atoms with van der Waals surface area (Å²) in [6, 6.07) is 8.03. The van der Waals surface area contributed by atoms with Crippen molar-refractivity contribution < 1.29 is 13.2 Å². The molecule has 0 amide bonds. The van der Waals surface area contributed by atoms with Crippen LogP contribution in [0.5, 0.6) is 5.75 Å². The second kappa shape index (κ2) is 8.13. The number of nitrogens with one attached hydrogen (secondary N) is 2. The van der Waals surface area contributed by atoms with Gasteiger partial charge in [-0.2, -0.15) is 0 Å². The molecule has 0 aliphatic carbocycles. The van der Waals surface area contributed by atoms with Crippen LogP contribution in [0.15, 0.2) is 24.3 Å². The average molecular weight is 340 g/mol. The summed E-state index contributed by atoms with van der Waals surface area (Å²) >= 11 is 0. The maximum Gasteiger partial charge on any atom is 0.211 e. The third-order valence-electron chi connectivity index (χ3n) is 4.35. The maximum absolute atomic E-state index is 11.8. The Morgan fingerprint density at radius 1 is 1.30 bits per heavy atom. The molecule has 5 nitrogen and oxygen atoms in total. The van der Waals surface area contributed by atoms with Crippen LogP contribution in [0.1, 0.15) is 38.7 Å². The molecule has 0 radical (unpaired) electrons. The number of ether oxygens (including phenoxy) is 1. The first-order valence-corrected chi connectivity index (χ1v) is 10.00. The van der Waals surface area contributed by atoms with Gasteiger partial charge in [0.05, 0.1) is 12.4 Å². The summed E-state index contributed by atoms with van der Waals surface area (Å²) in [6.45, 7) is 8.05. The van der Waals surface area contributed by atoms with E-state index in [1.807, 2.05) is 12.1 Å². The smallest absolute Gasteiger partial charge is 0.211 e. The highest BCUT2D eigenvalue weighted by atomic mass is 32.2. The van der Waals surface area contributed by atoms with Gasteiger partial charge in [0.15, 0.2) is 0 Å². The molecule has 0 spiro atoms. The highest BCUT2D eigenvalue weighted by Gasteiger charge is 2.28. The van der Waals surface area contributed by atoms with Crippen LogP contribution < -0.4 is 14.8 Å². The molecule has 0 bridgehead atoms. The van der Waals surface area contributed by atoms with Crippen molar-refractivity contribution in [3.8, 4) is 5.75 Å². The average Bonchev–Trinajstić information content (AvgIpc) is 2.54. The van der Waals surface area contributed by atoms with Gasteiger partial charge in [-0.05, 0) is 43.5 Å². The van der Waals surface area contributed by atoms with E-state index in [1.54, 1.807) is 6.92 Å². The molecule has 0 aromatic heterocycles. The summed E-state index contributed by atoms with van der Waals surface area (Å²) < 4.78 is 32.3. The van der Waals surface area contributed by atoms with Gasteiger partial charge in [0.1, 0.15) is 5.75 Å². The number of hydrogen-bond acceptors (Lipinski definition) is 4. The van der Waals surface area contributed by atoms with Gasteiger partial charge in [-0.25, -0.2) is 13.1 Å². The molecule has 1 saturated heterocycles. The van der Waals surface area contributed by atoms with Crippen molar-refractivity contribution >= 4 is 10.0 Å². The number of piperidine rings is 1. The predicted octanol–water partition coefficient (Wildman–Crippen LogP) is 2.11. The lowest BCUT2D eigenvalue weighted by Crippen LogP contribution is -2.52. The van der Waals surface area contributed by atoms with Gasteiger partial charge in [-0.1, -0.05) is 26.0 Å². The first kappa shape index (κ1) is 18.2. The molecule has 1 aliphatic rings. The van der Waals surface area contributed by atoms with E-state index in [1.165, 1.54) is 5.56 Å². The zero-order valence-electron chi connectivity index (χ0n) is 14.2. The molecular weight excluding hydrogens is 312 g/mol. The molecule has 2 rings (SSSR count). The van der Waals surface area contributed by atoms with E-state index < -0.39 is 10.0 Å². The van der Waals surface area contributed by atoms with Gasteiger partial charge in [-0.15, -0.1) is 0 Å². The Bertz CT molecular complexity index is 584. The fourth-order valence-electron chi connectivity index (χ4n) is 2.72. The van der Waals surface area contributed by atoms with Gasteiger partial charge in [0.2, 0.25) is 10.0 Å². The van der Waals surface area contributed by atoms with Crippen molar-refractivity contribution in [1.82, 2.24) is 10.0 Å². The Hall–Kier alpha value is -1.11. The molecule has 23 heavy (non-hydrogen) atoms. The monoisotopic (exact) mass is 340 g/mol. The lowest BCUT2D eigenvalue weighted by molar-refractivity contribution is 0.188. The molecule has 6 heteroatoms. The topological polar surface area (TPSA) is 67.4 Å². The quantitative estimate of drug-likeness (QED) is 0.798. The van der Waals surface area contributed by atoms with E-state index in [2.05, 4.69) is 36.0 Å². The fraction of sp³-hybridized carbons (Fsp3) is 0.647. The SMILES string of the molecule is CCS(=O)(=O)NC1CNCCC1COc1ccc(C(C)C)cc1.